The van der Waals surface area contributed by atoms with Crippen molar-refractivity contribution < 1.29 is 10.0 Å². The molecule has 1 amide bonds. The largest absolute Gasteiger partial charge is 0.409 e. The van der Waals surface area contributed by atoms with Crippen LogP contribution in [0.15, 0.2) is 35.5 Å². The molecule has 20 heavy (non-hydrogen) atoms. The zero-order valence-corrected chi connectivity index (χ0v) is 11.7. The molecule has 1 heterocycles. The normalized spacial score (nSPS) is 21.6. The lowest BCUT2D eigenvalue weighted by atomic mass is 9.94. The number of piperidine rings is 1. The molecule has 1 aromatic carbocycles. The average molecular weight is 275 g/mol. The number of rotatable bonds is 3. The van der Waals surface area contributed by atoms with E-state index >= 15 is 0 Å². The summed E-state index contributed by atoms with van der Waals surface area (Å²) in [6.45, 7) is 2.79. The van der Waals surface area contributed by atoms with Crippen LogP contribution in [0.4, 0.5) is 0 Å². The Hall–Kier alpha value is -2.04. The van der Waals surface area contributed by atoms with Gasteiger partial charge in [0.1, 0.15) is 5.92 Å². The summed E-state index contributed by atoms with van der Waals surface area (Å²) in [4.78, 5) is 14.6. The highest BCUT2D eigenvalue weighted by molar-refractivity contribution is 6.07. The number of hydrogen-bond donors (Lipinski definition) is 2. The van der Waals surface area contributed by atoms with Gasteiger partial charge in [0, 0.05) is 12.6 Å². The van der Waals surface area contributed by atoms with Gasteiger partial charge in [0.15, 0.2) is 5.84 Å². The quantitative estimate of drug-likeness (QED) is 0.383. The fourth-order valence-corrected chi connectivity index (χ4v) is 2.73. The van der Waals surface area contributed by atoms with E-state index < -0.39 is 5.92 Å². The Morgan fingerprint density at radius 1 is 1.40 bits per heavy atom. The molecule has 3 N–H and O–H groups in total. The Morgan fingerprint density at radius 2 is 2.10 bits per heavy atom. The van der Waals surface area contributed by atoms with E-state index in [1.54, 1.807) is 0 Å². The van der Waals surface area contributed by atoms with Gasteiger partial charge in [0.2, 0.25) is 5.91 Å². The molecule has 0 aliphatic carbocycles. The number of amides is 1. The molecule has 0 saturated carbocycles. The van der Waals surface area contributed by atoms with Crippen LogP contribution in [-0.2, 0) is 4.79 Å². The molecule has 5 heteroatoms. The zero-order chi connectivity index (χ0) is 14.5. The van der Waals surface area contributed by atoms with Gasteiger partial charge in [-0.05, 0) is 31.7 Å². The molecular weight excluding hydrogens is 254 g/mol. The van der Waals surface area contributed by atoms with Crippen LogP contribution in [0.3, 0.4) is 0 Å². The van der Waals surface area contributed by atoms with Crippen LogP contribution in [0.2, 0.25) is 0 Å². The van der Waals surface area contributed by atoms with E-state index in [1.165, 1.54) is 0 Å². The molecule has 1 fully saturated rings. The van der Waals surface area contributed by atoms with Crippen molar-refractivity contribution in [1.82, 2.24) is 4.90 Å². The van der Waals surface area contributed by atoms with Crippen LogP contribution >= 0.6 is 0 Å². The van der Waals surface area contributed by atoms with Crippen molar-refractivity contribution in [2.45, 2.75) is 38.1 Å². The maximum absolute atomic E-state index is 12.8. The molecular formula is C15H21N3O2. The summed E-state index contributed by atoms with van der Waals surface area (Å²) in [5.41, 5.74) is 6.51. The third kappa shape index (κ3) is 2.92. The standard InChI is InChI=1S/C15H21N3O2/c1-11-7-5-6-10-18(11)15(19)13(14(16)17-20)12-8-3-2-4-9-12/h2-4,8-9,11,13,20H,5-7,10H2,1H3,(H2,16,17). The van der Waals surface area contributed by atoms with Gasteiger partial charge in [-0.1, -0.05) is 35.5 Å². The second-order valence-corrected chi connectivity index (χ2v) is 5.24. The zero-order valence-electron chi connectivity index (χ0n) is 11.7. The summed E-state index contributed by atoms with van der Waals surface area (Å²) in [6, 6.07) is 9.43. The summed E-state index contributed by atoms with van der Waals surface area (Å²) < 4.78 is 0. The van der Waals surface area contributed by atoms with E-state index in [-0.39, 0.29) is 17.8 Å². The highest BCUT2D eigenvalue weighted by Crippen LogP contribution is 2.24. The smallest absolute Gasteiger partial charge is 0.238 e. The number of nitrogens with zero attached hydrogens (tertiary/aromatic N) is 2. The van der Waals surface area contributed by atoms with Crippen LogP contribution in [0.5, 0.6) is 0 Å². The van der Waals surface area contributed by atoms with Crippen molar-refractivity contribution in [3.63, 3.8) is 0 Å². The lowest BCUT2D eigenvalue weighted by molar-refractivity contribution is -0.134. The highest BCUT2D eigenvalue weighted by atomic mass is 16.4. The molecule has 1 aliphatic heterocycles. The Morgan fingerprint density at radius 3 is 2.70 bits per heavy atom. The molecule has 0 aromatic heterocycles. The number of likely N-dealkylation sites (tertiary alicyclic amines) is 1. The van der Waals surface area contributed by atoms with Crippen LogP contribution in [0, 0.1) is 0 Å². The molecule has 0 radical (unpaired) electrons. The average Bonchev–Trinajstić information content (AvgIpc) is 2.48. The summed E-state index contributed by atoms with van der Waals surface area (Å²) in [5.74, 6) is -0.848. The Bertz CT molecular complexity index is 487. The molecule has 5 nitrogen and oxygen atoms in total. The molecule has 2 rings (SSSR count). The van der Waals surface area contributed by atoms with Crippen LogP contribution in [-0.4, -0.2) is 34.4 Å². The molecule has 2 atom stereocenters. The van der Waals surface area contributed by atoms with Crippen molar-refractivity contribution in [2.75, 3.05) is 6.54 Å². The Labute approximate surface area is 119 Å². The molecule has 0 spiro atoms. The number of amidine groups is 1. The highest BCUT2D eigenvalue weighted by Gasteiger charge is 2.33. The van der Waals surface area contributed by atoms with E-state index in [0.29, 0.717) is 0 Å². The summed E-state index contributed by atoms with van der Waals surface area (Å²) in [6.07, 6.45) is 3.15. The maximum atomic E-state index is 12.8. The molecule has 108 valence electrons. The second kappa shape index (κ2) is 6.41. The number of carbonyl (C=O) groups excluding carboxylic acids is 1. The van der Waals surface area contributed by atoms with Crippen LogP contribution < -0.4 is 5.73 Å². The Balaban J connectivity index is 2.29. The van der Waals surface area contributed by atoms with E-state index in [2.05, 4.69) is 5.16 Å². The van der Waals surface area contributed by atoms with Crippen molar-refractivity contribution >= 4 is 11.7 Å². The van der Waals surface area contributed by atoms with E-state index in [1.807, 2.05) is 42.2 Å². The maximum Gasteiger partial charge on any atom is 0.238 e. The van der Waals surface area contributed by atoms with Crippen LogP contribution in [0.1, 0.15) is 37.7 Å². The third-order valence-corrected chi connectivity index (χ3v) is 3.88. The fraction of sp³-hybridized carbons (Fsp3) is 0.467. The first-order valence-corrected chi connectivity index (χ1v) is 6.98. The van der Waals surface area contributed by atoms with Gasteiger partial charge < -0.3 is 15.8 Å². The second-order valence-electron chi connectivity index (χ2n) is 5.24. The van der Waals surface area contributed by atoms with Gasteiger partial charge >= 0.3 is 0 Å². The third-order valence-electron chi connectivity index (χ3n) is 3.88. The van der Waals surface area contributed by atoms with Gasteiger partial charge in [0.25, 0.3) is 0 Å². The number of hydrogen-bond acceptors (Lipinski definition) is 3. The minimum absolute atomic E-state index is 0.0565. The minimum atomic E-state index is -0.707. The first-order valence-electron chi connectivity index (χ1n) is 6.98. The first-order chi connectivity index (χ1) is 9.65. The van der Waals surface area contributed by atoms with Gasteiger partial charge in [-0.2, -0.15) is 0 Å². The van der Waals surface area contributed by atoms with E-state index in [9.17, 15) is 4.79 Å². The van der Waals surface area contributed by atoms with E-state index in [0.717, 1.165) is 31.4 Å². The monoisotopic (exact) mass is 275 g/mol. The predicted molar refractivity (Wildman–Crippen MR) is 77.6 cm³/mol. The fourth-order valence-electron chi connectivity index (χ4n) is 2.73. The number of oxime groups is 1. The first kappa shape index (κ1) is 14.4. The molecule has 1 aliphatic rings. The van der Waals surface area contributed by atoms with Crippen molar-refractivity contribution in [3.05, 3.63) is 35.9 Å². The van der Waals surface area contributed by atoms with Gasteiger partial charge in [-0.15, -0.1) is 0 Å². The van der Waals surface area contributed by atoms with Crippen LogP contribution in [0.25, 0.3) is 0 Å². The molecule has 1 saturated heterocycles. The van der Waals surface area contributed by atoms with Crippen molar-refractivity contribution in [2.24, 2.45) is 10.9 Å². The van der Waals surface area contributed by atoms with Crippen molar-refractivity contribution in [1.29, 1.82) is 0 Å². The number of benzene rings is 1. The predicted octanol–water partition coefficient (Wildman–Crippen LogP) is 1.92. The Kier molecular flexibility index (Phi) is 4.61. The SMILES string of the molecule is CC1CCCCN1C(=O)C(C(N)=NO)c1ccccc1. The number of nitrogens with two attached hydrogens (primary N) is 1. The summed E-state index contributed by atoms with van der Waals surface area (Å²) >= 11 is 0. The number of carbonyl (C=O) groups is 1. The topological polar surface area (TPSA) is 78.9 Å². The molecule has 1 aromatic rings. The summed E-state index contributed by atoms with van der Waals surface area (Å²) in [7, 11) is 0. The summed E-state index contributed by atoms with van der Waals surface area (Å²) in [5, 5.41) is 12.0. The molecule has 0 bridgehead atoms. The minimum Gasteiger partial charge on any atom is -0.409 e. The van der Waals surface area contributed by atoms with E-state index in [4.69, 9.17) is 10.9 Å². The van der Waals surface area contributed by atoms with Gasteiger partial charge in [0.05, 0.1) is 0 Å². The van der Waals surface area contributed by atoms with Gasteiger partial charge in [-0.25, -0.2) is 0 Å². The lowest BCUT2D eigenvalue weighted by Gasteiger charge is -2.35. The van der Waals surface area contributed by atoms with Gasteiger partial charge in [-0.3, -0.25) is 4.79 Å². The van der Waals surface area contributed by atoms with Crippen molar-refractivity contribution in [3.8, 4) is 0 Å². The molecule has 2 unspecified atom stereocenters. The lowest BCUT2D eigenvalue weighted by Crippen LogP contribution is -2.47.